The first-order chi connectivity index (χ1) is 5.31. The minimum atomic E-state index is -0.195. The van der Waals surface area contributed by atoms with Gasteiger partial charge in [0.1, 0.15) is 6.61 Å². The summed E-state index contributed by atoms with van der Waals surface area (Å²) in [7, 11) is 0. The van der Waals surface area contributed by atoms with E-state index in [1.165, 1.54) is 0 Å². The lowest BCUT2D eigenvalue weighted by Crippen LogP contribution is -2.09. The molecule has 0 heterocycles. The molecule has 0 N–H and O–H groups in total. The highest BCUT2D eigenvalue weighted by atomic mass is 16.6. The van der Waals surface area contributed by atoms with Gasteiger partial charge in [0.15, 0.2) is 0 Å². The third kappa shape index (κ3) is 7.33. The van der Waals surface area contributed by atoms with E-state index in [9.17, 15) is 4.79 Å². The lowest BCUT2D eigenvalue weighted by Gasteiger charge is -2.02. The van der Waals surface area contributed by atoms with Crippen LogP contribution >= 0.6 is 0 Å². The lowest BCUT2D eigenvalue weighted by molar-refractivity contribution is -0.145. The summed E-state index contributed by atoms with van der Waals surface area (Å²) >= 11 is 0. The van der Waals surface area contributed by atoms with Crippen molar-refractivity contribution in [1.29, 1.82) is 0 Å². The van der Waals surface area contributed by atoms with Crippen LogP contribution in [0.15, 0.2) is 0 Å². The Morgan fingerprint density at radius 3 is 2.73 bits per heavy atom. The number of hydrogen-bond donors (Lipinski definition) is 0. The molecule has 0 aromatic heterocycles. The van der Waals surface area contributed by atoms with Crippen LogP contribution in [0, 0.1) is 6.92 Å². The quantitative estimate of drug-likeness (QED) is 0.431. The second-order valence-corrected chi connectivity index (χ2v) is 2.02. The summed E-state index contributed by atoms with van der Waals surface area (Å²) in [5.41, 5.74) is 0. The summed E-state index contributed by atoms with van der Waals surface area (Å²) in [6.45, 7) is 6.94. The Balaban J connectivity index is 3.04. The Labute approximate surface area is 67.7 Å². The summed E-state index contributed by atoms with van der Waals surface area (Å²) in [6, 6.07) is 0. The van der Waals surface area contributed by atoms with Gasteiger partial charge in [0.05, 0.1) is 6.61 Å². The molecule has 0 aromatic rings. The van der Waals surface area contributed by atoms with E-state index in [-0.39, 0.29) is 5.97 Å². The Hall–Kier alpha value is -0.570. The highest BCUT2D eigenvalue weighted by molar-refractivity contribution is 5.69. The molecule has 65 valence electrons. The highest BCUT2D eigenvalue weighted by Crippen LogP contribution is 1.90. The number of rotatable bonds is 6. The molecule has 0 saturated carbocycles. The molecular weight excluding hydrogens is 144 g/mol. The summed E-state index contributed by atoms with van der Waals surface area (Å²) < 4.78 is 9.75. The number of ether oxygens (including phenoxy) is 2. The van der Waals surface area contributed by atoms with E-state index in [1.54, 1.807) is 0 Å². The first kappa shape index (κ1) is 10.4. The molecule has 3 nitrogen and oxygen atoms in total. The predicted octanol–water partition coefficient (Wildman–Crippen LogP) is 1.18. The summed E-state index contributed by atoms with van der Waals surface area (Å²) in [4.78, 5) is 10.7. The summed E-state index contributed by atoms with van der Waals surface area (Å²) in [5.74, 6) is -0.195. The molecular formula is C8H15O3. The number of esters is 1. The molecule has 0 spiro atoms. The minimum Gasteiger partial charge on any atom is -0.463 e. The topological polar surface area (TPSA) is 35.5 Å². The van der Waals surface area contributed by atoms with Gasteiger partial charge in [-0.15, -0.1) is 0 Å². The van der Waals surface area contributed by atoms with Crippen molar-refractivity contribution in [3.8, 4) is 0 Å². The predicted molar refractivity (Wildman–Crippen MR) is 42.0 cm³/mol. The molecule has 1 radical (unpaired) electrons. The molecule has 0 aliphatic heterocycles. The van der Waals surface area contributed by atoms with E-state index in [4.69, 9.17) is 9.47 Å². The van der Waals surface area contributed by atoms with Crippen LogP contribution in [0.2, 0.25) is 0 Å². The average Bonchev–Trinajstić information content (AvgIpc) is 1.99. The molecule has 0 amide bonds. The zero-order valence-corrected chi connectivity index (χ0v) is 6.97. The van der Waals surface area contributed by atoms with Crippen LogP contribution in [0.1, 0.15) is 19.8 Å². The zero-order valence-electron chi connectivity index (χ0n) is 6.97. The second-order valence-electron chi connectivity index (χ2n) is 2.02. The van der Waals surface area contributed by atoms with Gasteiger partial charge in [-0.2, -0.15) is 0 Å². The Morgan fingerprint density at radius 2 is 2.18 bits per heavy atom. The van der Waals surface area contributed by atoms with Gasteiger partial charge >= 0.3 is 5.97 Å². The van der Waals surface area contributed by atoms with Crippen LogP contribution in [-0.4, -0.2) is 25.8 Å². The standard InChI is InChI=1S/C8H15O3/c1-3-5-8(9)11-7-6-10-4-2/h1,3-7H2,2H3. The van der Waals surface area contributed by atoms with Gasteiger partial charge in [-0.3, -0.25) is 4.79 Å². The number of carbonyl (C=O) groups excluding carboxylic acids is 1. The largest absolute Gasteiger partial charge is 0.463 e. The molecule has 0 rings (SSSR count). The van der Waals surface area contributed by atoms with Gasteiger partial charge in [-0.25, -0.2) is 0 Å². The first-order valence-corrected chi connectivity index (χ1v) is 3.83. The van der Waals surface area contributed by atoms with Crippen molar-refractivity contribution in [2.24, 2.45) is 0 Å². The first-order valence-electron chi connectivity index (χ1n) is 3.83. The molecule has 0 aliphatic carbocycles. The van der Waals surface area contributed by atoms with E-state index in [0.29, 0.717) is 32.7 Å². The van der Waals surface area contributed by atoms with Crippen LogP contribution in [0.5, 0.6) is 0 Å². The highest BCUT2D eigenvalue weighted by Gasteiger charge is 1.98. The van der Waals surface area contributed by atoms with Crippen molar-refractivity contribution in [3.63, 3.8) is 0 Å². The van der Waals surface area contributed by atoms with Gasteiger partial charge in [0.25, 0.3) is 0 Å². The smallest absolute Gasteiger partial charge is 0.305 e. The number of carbonyl (C=O) groups is 1. The van der Waals surface area contributed by atoms with Crippen LogP contribution in [0.4, 0.5) is 0 Å². The van der Waals surface area contributed by atoms with Crippen molar-refractivity contribution in [2.75, 3.05) is 19.8 Å². The molecule has 0 bridgehead atoms. The van der Waals surface area contributed by atoms with Crippen LogP contribution in [0.3, 0.4) is 0 Å². The molecule has 0 atom stereocenters. The van der Waals surface area contributed by atoms with Crippen molar-refractivity contribution in [3.05, 3.63) is 6.92 Å². The Kier molecular flexibility index (Phi) is 7.15. The molecule has 0 aliphatic rings. The maximum Gasteiger partial charge on any atom is 0.305 e. The van der Waals surface area contributed by atoms with Crippen molar-refractivity contribution in [1.82, 2.24) is 0 Å². The van der Waals surface area contributed by atoms with Crippen molar-refractivity contribution in [2.45, 2.75) is 19.8 Å². The maximum atomic E-state index is 10.7. The van der Waals surface area contributed by atoms with Crippen molar-refractivity contribution < 1.29 is 14.3 Å². The van der Waals surface area contributed by atoms with E-state index in [2.05, 4.69) is 6.92 Å². The van der Waals surface area contributed by atoms with Gasteiger partial charge in [-0.1, -0.05) is 6.92 Å². The average molecular weight is 159 g/mol. The van der Waals surface area contributed by atoms with Gasteiger partial charge < -0.3 is 9.47 Å². The maximum absolute atomic E-state index is 10.7. The van der Waals surface area contributed by atoms with E-state index in [0.717, 1.165) is 0 Å². The van der Waals surface area contributed by atoms with E-state index in [1.807, 2.05) is 6.92 Å². The van der Waals surface area contributed by atoms with Gasteiger partial charge in [0, 0.05) is 13.0 Å². The van der Waals surface area contributed by atoms with Crippen LogP contribution < -0.4 is 0 Å². The fourth-order valence-corrected chi connectivity index (χ4v) is 0.575. The molecule has 0 saturated heterocycles. The molecule has 11 heavy (non-hydrogen) atoms. The molecule has 0 unspecified atom stereocenters. The van der Waals surface area contributed by atoms with Gasteiger partial charge in [-0.05, 0) is 13.3 Å². The number of hydrogen-bond acceptors (Lipinski definition) is 3. The normalized spacial score (nSPS) is 9.64. The fourth-order valence-electron chi connectivity index (χ4n) is 0.575. The SMILES string of the molecule is [CH2]CCC(=O)OCCOCC. The van der Waals surface area contributed by atoms with Crippen LogP contribution in [-0.2, 0) is 14.3 Å². The van der Waals surface area contributed by atoms with Crippen molar-refractivity contribution >= 4 is 5.97 Å². The Morgan fingerprint density at radius 1 is 1.45 bits per heavy atom. The summed E-state index contributed by atoms with van der Waals surface area (Å²) in [5, 5.41) is 0. The third-order valence-electron chi connectivity index (χ3n) is 1.08. The minimum absolute atomic E-state index is 0.195. The second kappa shape index (κ2) is 7.54. The Bertz CT molecular complexity index is 102. The molecule has 3 heteroatoms. The van der Waals surface area contributed by atoms with E-state index < -0.39 is 0 Å². The zero-order chi connectivity index (χ0) is 8.53. The molecule has 0 aromatic carbocycles. The van der Waals surface area contributed by atoms with Gasteiger partial charge in [0.2, 0.25) is 0 Å². The molecule has 0 fully saturated rings. The van der Waals surface area contributed by atoms with E-state index >= 15 is 0 Å². The summed E-state index contributed by atoms with van der Waals surface area (Å²) in [6.07, 6.45) is 0.986. The third-order valence-corrected chi connectivity index (χ3v) is 1.08. The fraction of sp³-hybridized carbons (Fsp3) is 0.750. The lowest BCUT2D eigenvalue weighted by atomic mass is 10.3. The monoisotopic (exact) mass is 159 g/mol. The van der Waals surface area contributed by atoms with Crippen LogP contribution in [0.25, 0.3) is 0 Å².